The molecule has 3 rings (SSSR count). The lowest BCUT2D eigenvalue weighted by atomic mass is 10.0. The lowest BCUT2D eigenvalue weighted by Crippen LogP contribution is -2.44. The molecule has 1 saturated heterocycles. The standard InChI is InChI=1S/C21H25ClN2O3/c1-26-17-6-4-5-16(13-17)14-21(25)23-15-20(24-9-11-27-12-10-24)18-7-2-3-8-19(18)22/h2-8,13,20H,9-12,14-15H2,1H3,(H,23,25)/t20-/m0/s1. The molecule has 1 amide bonds. The minimum atomic E-state index is -0.0198. The summed E-state index contributed by atoms with van der Waals surface area (Å²) in [5.41, 5.74) is 1.95. The summed E-state index contributed by atoms with van der Waals surface area (Å²) in [5.74, 6) is 0.733. The highest BCUT2D eigenvalue weighted by Crippen LogP contribution is 2.27. The van der Waals surface area contributed by atoms with Crippen molar-refractivity contribution in [2.45, 2.75) is 12.5 Å². The van der Waals surface area contributed by atoms with Crippen LogP contribution in [0.15, 0.2) is 48.5 Å². The highest BCUT2D eigenvalue weighted by atomic mass is 35.5. The predicted octanol–water partition coefficient (Wildman–Crippen LogP) is 3.08. The van der Waals surface area contributed by atoms with Gasteiger partial charge in [0.05, 0.1) is 32.8 Å². The van der Waals surface area contributed by atoms with E-state index in [1.54, 1.807) is 7.11 Å². The van der Waals surface area contributed by atoms with Crippen molar-refractivity contribution in [1.82, 2.24) is 10.2 Å². The van der Waals surface area contributed by atoms with Crippen LogP contribution in [0.4, 0.5) is 0 Å². The van der Waals surface area contributed by atoms with Crippen LogP contribution in [0.2, 0.25) is 5.02 Å². The monoisotopic (exact) mass is 388 g/mol. The molecule has 1 atom stereocenters. The van der Waals surface area contributed by atoms with E-state index < -0.39 is 0 Å². The van der Waals surface area contributed by atoms with Crippen LogP contribution in [0, 0.1) is 0 Å². The number of morpholine rings is 1. The summed E-state index contributed by atoms with van der Waals surface area (Å²) in [6.07, 6.45) is 0.315. The van der Waals surface area contributed by atoms with E-state index in [1.165, 1.54) is 0 Å². The van der Waals surface area contributed by atoms with Gasteiger partial charge in [0.15, 0.2) is 0 Å². The first-order chi connectivity index (χ1) is 13.2. The summed E-state index contributed by atoms with van der Waals surface area (Å²) < 4.78 is 10.7. The summed E-state index contributed by atoms with van der Waals surface area (Å²) in [6, 6.07) is 15.4. The van der Waals surface area contributed by atoms with Crippen molar-refractivity contribution >= 4 is 17.5 Å². The second-order valence-corrected chi connectivity index (χ2v) is 6.93. The van der Waals surface area contributed by atoms with Gasteiger partial charge in [-0.2, -0.15) is 0 Å². The average molecular weight is 389 g/mol. The molecule has 0 aliphatic carbocycles. The molecule has 1 aliphatic heterocycles. The van der Waals surface area contributed by atoms with Crippen LogP contribution in [0.3, 0.4) is 0 Å². The quantitative estimate of drug-likeness (QED) is 0.792. The molecule has 144 valence electrons. The number of nitrogens with one attached hydrogen (secondary N) is 1. The van der Waals surface area contributed by atoms with E-state index in [4.69, 9.17) is 21.1 Å². The van der Waals surface area contributed by atoms with Crippen LogP contribution in [0.1, 0.15) is 17.2 Å². The molecule has 27 heavy (non-hydrogen) atoms. The zero-order valence-corrected chi connectivity index (χ0v) is 16.2. The summed E-state index contributed by atoms with van der Waals surface area (Å²) in [7, 11) is 1.62. The third-order valence-corrected chi connectivity index (χ3v) is 5.09. The van der Waals surface area contributed by atoms with E-state index in [2.05, 4.69) is 10.2 Å². The SMILES string of the molecule is COc1cccc(CC(=O)NC[C@@H](c2ccccc2Cl)N2CCOCC2)c1. The fourth-order valence-electron chi connectivity index (χ4n) is 3.31. The van der Waals surface area contributed by atoms with Gasteiger partial charge in [0.25, 0.3) is 0 Å². The first kappa shape index (κ1) is 19.7. The third kappa shape index (κ3) is 5.45. The van der Waals surface area contributed by atoms with Gasteiger partial charge in [0, 0.05) is 24.7 Å². The molecule has 0 aromatic heterocycles. The smallest absolute Gasteiger partial charge is 0.224 e. The lowest BCUT2D eigenvalue weighted by Gasteiger charge is -2.35. The maximum Gasteiger partial charge on any atom is 0.224 e. The topological polar surface area (TPSA) is 50.8 Å². The summed E-state index contributed by atoms with van der Waals surface area (Å²) in [5, 5.41) is 3.79. The normalized spacial score (nSPS) is 15.9. The minimum absolute atomic E-state index is 0.0198. The number of rotatable bonds is 7. The minimum Gasteiger partial charge on any atom is -0.497 e. The zero-order valence-electron chi connectivity index (χ0n) is 15.5. The first-order valence-corrected chi connectivity index (χ1v) is 9.51. The Labute approximate surface area is 165 Å². The number of ether oxygens (including phenoxy) is 2. The number of carbonyl (C=O) groups excluding carboxylic acids is 1. The average Bonchev–Trinajstić information content (AvgIpc) is 2.70. The molecule has 0 radical (unpaired) electrons. The van der Waals surface area contributed by atoms with E-state index in [0.717, 1.165) is 35.0 Å². The van der Waals surface area contributed by atoms with Crippen LogP contribution in [0.5, 0.6) is 5.75 Å². The molecule has 0 spiro atoms. The molecule has 1 heterocycles. The van der Waals surface area contributed by atoms with Crippen molar-refractivity contribution in [3.8, 4) is 5.75 Å². The van der Waals surface area contributed by atoms with Gasteiger partial charge in [-0.3, -0.25) is 9.69 Å². The molecular formula is C21H25ClN2O3. The van der Waals surface area contributed by atoms with Gasteiger partial charge < -0.3 is 14.8 Å². The molecule has 2 aromatic rings. The number of amides is 1. The fraction of sp³-hybridized carbons (Fsp3) is 0.381. The number of hydrogen-bond acceptors (Lipinski definition) is 4. The second kappa shape index (κ2) is 9.74. The largest absolute Gasteiger partial charge is 0.497 e. The van der Waals surface area contributed by atoms with Gasteiger partial charge >= 0.3 is 0 Å². The second-order valence-electron chi connectivity index (χ2n) is 6.52. The Hall–Kier alpha value is -2.08. The van der Waals surface area contributed by atoms with Crippen LogP contribution in [0.25, 0.3) is 0 Å². The van der Waals surface area contributed by atoms with Crippen molar-refractivity contribution in [2.24, 2.45) is 0 Å². The molecule has 5 nitrogen and oxygen atoms in total. The Morgan fingerprint density at radius 2 is 2.00 bits per heavy atom. The van der Waals surface area contributed by atoms with Gasteiger partial charge in [0.1, 0.15) is 5.75 Å². The highest BCUT2D eigenvalue weighted by Gasteiger charge is 2.24. The van der Waals surface area contributed by atoms with Crippen molar-refractivity contribution in [3.05, 3.63) is 64.7 Å². The molecule has 0 bridgehead atoms. The number of nitrogens with zero attached hydrogens (tertiary/aromatic N) is 1. The van der Waals surface area contributed by atoms with E-state index >= 15 is 0 Å². The number of halogens is 1. The summed E-state index contributed by atoms with van der Waals surface area (Å²) >= 11 is 6.43. The number of hydrogen-bond donors (Lipinski definition) is 1. The van der Waals surface area contributed by atoms with Gasteiger partial charge in [-0.15, -0.1) is 0 Å². The molecule has 1 fully saturated rings. The maximum absolute atomic E-state index is 12.5. The summed E-state index contributed by atoms with van der Waals surface area (Å²) in [6.45, 7) is 3.53. The lowest BCUT2D eigenvalue weighted by molar-refractivity contribution is -0.120. The van der Waals surface area contributed by atoms with Crippen LogP contribution in [-0.2, 0) is 16.0 Å². The van der Waals surface area contributed by atoms with E-state index in [-0.39, 0.29) is 11.9 Å². The highest BCUT2D eigenvalue weighted by molar-refractivity contribution is 6.31. The van der Waals surface area contributed by atoms with Gasteiger partial charge in [-0.25, -0.2) is 0 Å². The Morgan fingerprint density at radius 1 is 1.22 bits per heavy atom. The molecule has 0 saturated carbocycles. The Balaban J connectivity index is 1.66. The maximum atomic E-state index is 12.5. The number of carbonyl (C=O) groups is 1. The molecule has 0 unspecified atom stereocenters. The molecule has 1 aliphatic rings. The Morgan fingerprint density at radius 3 is 2.74 bits per heavy atom. The van der Waals surface area contributed by atoms with Crippen molar-refractivity contribution in [2.75, 3.05) is 40.0 Å². The van der Waals surface area contributed by atoms with Crippen LogP contribution in [-0.4, -0.2) is 50.8 Å². The van der Waals surface area contributed by atoms with Gasteiger partial charge in [-0.1, -0.05) is 41.9 Å². The zero-order chi connectivity index (χ0) is 19.1. The van der Waals surface area contributed by atoms with E-state index in [0.29, 0.717) is 26.2 Å². The fourth-order valence-corrected chi connectivity index (χ4v) is 3.57. The van der Waals surface area contributed by atoms with E-state index in [9.17, 15) is 4.79 Å². The molecule has 2 aromatic carbocycles. The Kier molecular flexibility index (Phi) is 7.10. The van der Waals surface area contributed by atoms with Crippen molar-refractivity contribution < 1.29 is 14.3 Å². The number of benzene rings is 2. The van der Waals surface area contributed by atoms with Crippen LogP contribution >= 0.6 is 11.6 Å². The number of methoxy groups -OCH3 is 1. The van der Waals surface area contributed by atoms with Crippen molar-refractivity contribution in [1.29, 1.82) is 0 Å². The van der Waals surface area contributed by atoms with E-state index in [1.807, 2.05) is 48.5 Å². The summed E-state index contributed by atoms with van der Waals surface area (Å²) in [4.78, 5) is 14.8. The molecule has 6 heteroatoms. The van der Waals surface area contributed by atoms with Crippen LogP contribution < -0.4 is 10.1 Å². The molecule has 1 N–H and O–H groups in total. The van der Waals surface area contributed by atoms with Gasteiger partial charge in [0.2, 0.25) is 5.91 Å². The molecular weight excluding hydrogens is 364 g/mol. The van der Waals surface area contributed by atoms with Gasteiger partial charge in [-0.05, 0) is 29.3 Å². The first-order valence-electron chi connectivity index (χ1n) is 9.13. The van der Waals surface area contributed by atoms with Crippen molar-refractivity contribution in [3.63, 3.8) is 0 Å². The predicted molar refractivity (Wildman–Crippen MR) is 106 cm³/mol. The Bertz CT molecular complexity index is 763. The third-order valence-electron chi connectivity index (χ3n) is 4.74.